The van der Waals surface area contributed by atoms with Crippen LogP contribution in [0.15, 0.2) is 53.6 Å². The first kappa shape index (κ1) is 52.6. The SMILES string of the molecule is CCC1C=C(C)CC(C)CC(OC)C2OC(O)(C(=O)C(=O)N3CCCCC3C(=O)OC(C(C)=CC3CCC(OCC(N)c4ccccc4)C(OC)C3)C(C)C(O)CC1=O)C(C)CC2OC. The number of aliphatic hydroxyl groups is 2. The zero-order chi connectivity index (χ0) is 47.6. The van der Waals surface area contributed by atoms with E-state index in [1.165, 1.54) is 19.1 Å². The predicted molar refractivity (Wildman–Crippen MR) is 245 cm³/mol. The molecule has 0 aromatic heterocycles. The van der Waals surface area contributed by atoms with Crippen molar-refractivity contribution in [2.24, 2.45) is 35.3 Å². The van der Waals surface area contributed by atoms with Crippen molar-refractivity contribution in [3.63, 3.8) is 0 Å². The molecule has 3 fully saturated rings. The van der Waals surface area contributed by atoms with Crippen molar-refractivity contribution in [2.75, 3.05) is 34.5 Å². The van der Waals surface area contributed by atoms with Crippen LogP contribution in [-0.2, 0) is 47.6 Å². The summed E-state index contributed by atoms with van der Waals surface area (Å²) in [5, 5.41) is 24.0. The van der Waals surface area contributed by atoms with Crippen molar-refractivity contribution < 1.29 is 57.8 Å². The van der Waals surface area contributed by atoms with E-state index in [1.807, 2.05) is 57.2 Å². The van der Waals surface area contributed by atoms with Crippen LogP contribution < -0.4 is 5.73 Å². The van der Waals surface area contributed by atoms with E-state index in [-0.39, 0.29) is 61.7 Å². The van der Waals surface area contributed by atoms with Gasteiger partial charge in [-0.15, -0.1) is 0 Å². The minimum absolute atomic E-state index is 0.0141. The maximum atomic E-state index is 14.5. The maximum absolute atomic E-state index is 14.5. The number of amides is 1. The molecule has 0 spiro atoms. The number of cyclic esters (lactones) is 1. The Morgan fingerprint density at radius 3 is 2.26 bits per heavy atom. The molecule has 14 heteroatoms. The summed E-state index contributed by atoms with van der Waals surface area (Å²) in [5.74, 6) is -7.51. The molecular weight excluding hydrogens is 833 g/mol. The number of methoxy groups -OCH3 is 3. The van der Waals surface area contributed by atoms with Crippen molar-refractivity contribution in [2.45, 2.75) is 173 Å². The number of Topliss-reactive ketones (excluding diaryl/α,β-unsaturated/α-hetero) is 2. The number of hydrogen-bond acceptors (Lipinski definition) is 13. The molecule has 3 aliphatic heterocycles. The summed E-state index contributed by atoms with van der Waals surface area (Å²) >= 11 is 0. The van der Waals surface area contributed by atoms with Gasteiger partial charge in [-0.3, -0.25) is 14.4 Å². The van der Waals surface area contributed by atoms with Crippen LogP contribution in [0.4, 0.5) is 0 Å². The molecule has 15 atom stereocenters. The van der Waals surface area contributed by atoms with Crippen LogP contribution in [0.1, 0.15) is 124 Å². The third kappa shape index (κ3) is 13.0. The van der Waals surface area contributed by atoms with E-state index >= 15 is 0 Å². The van der Waals surface area contributed by atoms with E-state index in [9.17, 15) is 29.4 Å². The van der Waals surface area contributed by atoms with Gasteiger partial charge in [0.2, 0.25) is 5.79 Å². The molecule has 15 unspecified atom stereocenters. The van der Waals surface area contributed by atoms with Gasteiger partial charge in [0.1, 0.15) is 24.0 Å². The molecule has 2 saturated heterocycles. The summed E-state index contributed by atoms with van der Waals surface area (Å²) in [7, 11) is 4.74. The smallest absolute Gasteiger partial charge is 0.329 e. The number of rotatable bonds is 10. The highest BCUT2D eigenvalue weighted by Crippen LogP contribution is 2.39. The van der Waals surface area contributed by atoms with Crippen molar-refractivity contribution >= 4 is 23.4 Å². The van der Waals surface area contributed by atoms with Crippen LogP contribution in [0.25, 0.3) is 0 Å². The normalized spacial score (nSPS) is 37.1. The Balaban J connectivity index is 1.45. The summed E-state index contributed by atoms with van der Waals surface area (Å²) in [5.41, 5.74) is 9.13. The number of esters is 1. The van der Waals surface area contributed by atoms with Gasteiger partial charge in [0.15, 0.2) is 0 Å². The number of carbonyl (C=O) groups excluding carboxylic acids is 4. The minimum Gasteiger partial charge on any atom is -0.456 e. The van der Waals surface area contributed by atoms with E-state index in [1.54, 1.807) is 21.0 Å². The largest absolute Gasteiger partial charge is 0.456 e. The monoisotopic (exact) mass is 911 g/mol. The lowest BCUT2D eigenvalue weighted by Gasteiger charge is -2.47. The second-order valence-electron chi connectivity index (χ2n) is 19.5. The van der Waals surface area contributed by atoms with Gasteiger partial charge in [-0.2, -0.15) is 0 Å². The van der Waals surface area contributed by atoms with Gasteiger partial charge < -0.3 is 49.3 Å². The number of ether oxygens (including phenoxy) is 6. The molecule has 1 aliphatic carbocycles. The van der Waals surface area contributed by atoms with E-state index in [2.05, 4.69) is 13.0 Å². The van der Waals surface area contributed by atoms with Crippen LogP contribution in [0.5, 0.6) is 0 Å². The molecular formula is C51H78N2O12. The number of ketones is 2. The Morgan fingerprint density at radius 2 is 1.60 bits per heavy atom. The van der Waals surface area contributed by atoms with Crippen LogP contribution in [0.3, 0.4) is 0 Å². The molecule has 5 rings (SSSR count). The standard InChI is InChI=1S/C51H78N2O12/c1-10-36-23-30(2)22-31(3)24-44(61-8)47-45(62-9)26-33(5)51(59,65-47)48(56)49(57)53-21-15-14-18-39(53)50(58)64-46(34(6)40(54)28-41(36)55)32(4)25-35-19-20-42(43(27-35)60-7)63-29-38(52)37-16-12-11-13-17-37/h11-13,16-17,23,25,31,33-36,38-40,42-47,54,59H,10,14-15,18-22,24,26-29,52H2,1-9H3. The summed E-state index contributed by atoms with van der Waals surface area (Å²) in [4.78, 5) is 58.4. The molecule has 3 heterocycles. The molecule has 4 N–H and O–H groups in total. The van der Waals surface area contributed by atoms with Crippen molar-refractivity contribution in [3.8, 4) is 0 Å². The fraction of sp³-hybridized carbons (Fsp3) is 0.725. The van der Waals surface area contributed by atoms with Crippen molar-refractivity contribution in [1.82, 2.24) is 4.90 Å². The average molecular weight is 911 g/mol. The number of carbonyl (C=O) groups is 4. The second kappa shape index (κ2) is 24.1. The Labute approximate surface area is 386 Å². The number of nitrogens with zero attached hydrogens (tertiary/aromatic N) is 1. The number of fused-ring (bicyclic) bond motifs is 3. The Morgan fingerprint density at radius 1 is 0.923 bits per heavy atom. The Bertz CT molecular complexity index is 1810. The quantitative estimate of drug-likeness (QED) is 0.137. The molecule has 364 valence electrons. The second-order valence-corrected chi connectivity index (χ2v) is 19.5. The molecule has 0 radical (unpaired) electrons. The van der Waals surface area contributed by atoms with Crippen LogP contribution in [0.2, 0.25) is 0 Å². The zero-order valence-corrected chi connectivity index (χ0v) is 40.3. The van der Waals surface area contributed by atoms with E-state index in [0.29, 0.717) is 57.1 Å². The molecule has 1 aromatic carbocycles. The molecule has 1 amide bonds. The molecule has 14 nitrogen and oxygen atoms in total. The number of allylic oxidation sites excluding steroid dienone is 3. The highest BCUT2D eigenvalue weighted by molar-refractivity contribution is 6.39. The number of aliphatic hydroxyl groups excluding tert-OH is 1. The average Bonchev–Trinajstić information content (AvgIpc) is 3.30. The fourth-order valence-corrected chi connectivity index (χ4v) is 10.6. The summed E-state index contributed by atoms with van der Waals surface area (Å²) in [6, 6.07) is 8.39. The summed E-state index contributed by atoms with van der Waals surface area (Å²) < 4.78 is 36.7. The molecule has 2 bridgehead atoms. The third-order valence-corrected chi connectivity index (χ3v) is 14.6. The molecule has 1 aromatic rings. The molecule has 1 saturated carbocycles. The Hall–Kier alpha value is -3.34. The molecule has 65 heavy (non-hydrogen) atoms. The zero-order valence-electron chi connectivity index (χ0n) is 40.3. The maximum Gasteiger partial charge on any atom is 0.329 e. The van der Waals surface area contributed by atoms with E-state index in [0.717, 1.165) is 17.6 Å². The first-order valence-corrected chi connectivity index (χ1v) is 24.0. The van der Waals surface area contributed by atoms with Crippen LogP contribution >= 0.6 is 0 Å². The fourth-order valence-electron chi connectivity index (χ4n) is 10.6. The van der Waals surface area contributed by atoms with Crippen LogP contribution in [0, 0.1) is 29.6 Å². The lowest BCUT2D eigenvalue weighted by molar-refractivity contribution is -0.302. The summed E-state index contributed by atoms with van der Waals surface area (Å²) in [6.07, 6.45) is 4.60. The number of piperidine rings is 1. The topological polar surface area (TPSA) is 193 Å². The van der Waals surface area contributed by atoms with Gasteiger partial charge in [0.05, 0.1) is 43.2 Å². The lowest BCUT2D eigenvalue weighted by atomic mass is 9.81. The van der Waals surface area contributed by atoms with E-state index < -0.39 is 77.8 Å². The van der Waals surface area contributed by atoms with Gasteiger partial charge in [-0.05, 0) is 101 Å². The van der Waals surface area contributed by atoms with Crippen LogP contribution in [-0.4, -0.2) is 128 Å². The Kier molecular flexibility index (Phi) is 19.5. The first-order chi connectivity index (χ1) is 30.9. The minimum atomic E-state index is -2.51. The van der Waals surface area contributed by atoms with Gasteiger partial charge in [-0.1, -0.05) is 75.8 Å². The number of nitrogens with two attached hydrogens (primary N) is 1. The van der Waals surface area contributed by atoms with Gasteiger partial charge in [0.25, 0.3) is 11.7 Å². The first-order valence-electron chi connectivity index (χ1n) is 24.0. The lowest BCUT2D eigenvalue weighted by Crippen LogP contribution is -2.64. The van der Waals surface area contributed by atoms with Gasteiger partial charge >= 0.3 is 5.97 Å². The highest BCUT2D eigenvalue weighted by atomic mass is 16.7. The van der Waals surface area contributed by atoms with E-state index in [4.69, 9.17) is 34.2 Å². The van der Waals surface area contributed by atoms with Gasteiger partial charge in [-0.25, -0.2) is 4.79 Å². The number of benzene rings is 1. The van der Waals surface area contributed by atoms with Crippen molar-refractivity contribution in [1.29, 1.82) is 0 Å². The summed E-state index contributed by atoms with van der Waals surface area (Å²) in [6.45, 7) is 11.7. The van der Waals surface area contributed by atoms with Gasteiger partial charge in [0, 0.05) is 52.0 Å². The number of hydrogen-bond donors (Lipinski definition) is 3. The van der Waals surface area contributed by atoms with Crippen molar-refractivity contribution in [3.05, 3.63) is 59.2 Å². The highest BCUT2D eigenvalue weighted by Gasteiger charge is 2.56. The predicted octanol–water partition coefficient (Wildman–Crippen LogP) is 6.20. The third-order valence-electron chi connectivity index (χ3n) is 14.6. The molecule has 4 aliphatic rings.